The summed E-state index contributed by atoms with van der Waals surface area (Å²) < 4.78 is 0. The van der Waals surface area contributed by atoms with Crippen molar-refractivity contribution < 1.29 is 9.59 Å². The minimum absolute atomic E-state index is 0.0686. The van der Waals surface area contributed by atoms with Gasteiger partial charge in [-0.2, -0.15) is 0 Å². The highest BCUT2D eigenvalue weighted by atomic mass is 32.2. The average molecular weight is 488 g/mol. The first-order chi connectivity index (χ1) is 16.9. The molecule has 3 aromatic rings. The number of benzene rings is 3. The summed E-state index contributed by atoms with van der Waals surface area (Å²) >= 11 is 1.41. The van der Waals surface area contributed by atoms with Crippen LogP contribution in [0.3, 0.4) is 0 Å². The van der Waals surface area contributed by atoms with Crippen LogP contribution < -0.4 is 27.8 Å². The average Bonchev–Trinajstić information content (AvgIpc) is 3.29. The van der Waals surface area contributed by atoms with Gasteiger partial charge in [0.15, 0.2) is 5.78 Å². The van der Waals surface area contributed by atoms with E-state index in [9.17, 15) is 9.59 Å². The molecule has 0 saturated carbocycles. The molecule has 2 heterocycles. The number of rotatable bonds is 3. The van der Waals surface area contributed by atoms with E-state index in [1.807, 2.05) is 48.5 Å². The standard InChI is InChI=1S/C27H29N5O2S/c28-19-10-9-18-20-21(24(35-23(19)20)26(34)32-17-6-3-11-31-13-17)22(29)25(33)27(18,30)16-8-7-14-4-1-2-5-15(14)12-16/h1-2,4-5,7-10,12,17,21-22,24,31H,3,6,11,13,28-30H2,(H,32,34). The molecule has 0 spiro atoms. The van der Waals surface area contributed by atoms with Crippen molar-refractivity contribution in [3.63, 3.8) is 0 Å². The Kier molecular flexibility index (Phi) is 5.37. The Bertz CT molecular complexity index is 1350. The molecule has 35 heavy (non-hydrogen) atoms. The van der Waals surface area contributed by atoms with Crippen molar-refractivity contribution in [2.45, 2.75) is 46.5 Å². The van der Waals surface area contributed by atoms with Crippen molar-refractivity contribution in [1.29, 1.82) is 0 Å². The first kappa shape index (κ1) is 22.5. The highest BCUT2D eigenvalue weighted by molar-refractivity contribution is 8.01. The third kappa shape index (κ3) is 3.39. The Morgan fingerprint density at radius 3 is 2.69 bits per heavy atom. The van der Waals surface area contributed by atoms with E-state index in [2.05, 4.69) is 10.6 Å². The summed E-state index contributed by atoms with van der Waals surface area (Å²) in [5, 5.41) is 8.03. The van der Waals surface area contributed by atoms with Crippen molar-refractivity contribution in [2.75, 3.05) is 18.8 Å². The quantitative estimate of drug-likeness (QED) is 0.356. The third-order valence-corrected chi connectivity index (χ3v) is 9.19. The van der Waals surface area contributed by atoms with Gasteiger partial charge >= 0.3 is 0 Å². The zero-order chi connectivity index (χ0) is 24.3. The fourth-order valence-corrected chi connectivity index (χ4v) is 7.37. The number of carbonyl (C=O) groups is 2. The molecule has 8 N–H and O–H groups in total. The van der Waals surface area contributed by atoms with Crippen molar-refractivity contribution in [1.82, 2.24) is 10.6 Å². The van der Waals surface area contributed by atoms with Crippen LogP contribution in [0.2, 0.25) is 0 Å². The maximum atomic E-state index is 13.9. The first-order valence-corrected chi connectivity index (χ1v) is 13.0. The van der Waals surface area contributed by atoms with Gasteiger partial charge in [-0.05, 0) is 59.0 Å². The van der Waals surface area contributed by atoms with Gasteiger partial charge in [-0.1, -0.05) is 42.5 Å². The van der Waals surface area contributed by atoms with Crippen molar-refractivity contribution >= 4 is 39.9 Å². The Morgan fingerprint density at radius 2 is 1.91 bits per heavy atom. The van der Waals surface area contributed by atoms with Crippen LogP contribution in [0.25, 0.3) is 10.8 Å². The number of carbonyl (C=O) groups excluding carboxylic acids is 2. The predicted molar refractivity (Wildman–Crippen MR) is 139 cm³/mol. The van der Waals surface area contributed by atoms with E-state index in [1.54, 1.807) is 6.07 Å². The summed E-state index contributed by atoms with van der Waals surface area (Å²) in [6.45, 7) is 1.71. The molecule has 2 aliphatic heterocycles. The van der Waals surface area contributed by atoms with Gasteiger partial charge in [0, 0.05) is 29.1 Å². The van der Waals surface area contributed by atoms with Crippen LogP contribution in [0.5, 0.6) is 0 Å². The van der Waals surface area contributed by atoms with E-state index in [1.165, 1.54) is 11.8 Å². The van der Waals surface area contributed by atoms with Gasteiger partial charge < -0.3 is 27.8 Å². The third-order valence-electron chi connectivity index (χ3n) is 7.74. The second kappa shape index (κ2) is 8.34. The zero-order valence-corrected chi connectivity index (χ0v) is 20.1. The van der Waals surface area contributed by atoms with Crippen molar-refractivity contribution in [3.8, 4) is 0 Å². The maximum Gasteiger partial charge on any atom is 0.234 e. The van der Waals surface area contributed by atoms with E-state index in [4.69, 9.17) is 17.2 Å². The van der Waals surface area contributed by atoms with Gasteiger partial charge in [-0.15, -0.1) is 11.8 Å². The maximum absolute atomic E-state index is 13.9. The molecule has 0 radical (unpaired) electrons. The number of hydrogen-bond acceptors (Lipinski definition) is 7. The fourth-order valence-electron chi connectivity index (χ4n) is 5.91. The molecule has 8 heteroatoms. The summed E-state index contributed by atoms with van der Waals surface area (Å²) in [7, 11) is 0. The Morgan fingerprint density at radius 1 is 1.11 bits per heavy atom. The summed E-state index contributed by atoms with van der Waals surface area (Å²) in [6, 6.07) is 16.6. The second-order valence-electron chi connectivity index (χ2n) is 9.82. The molecule has 6 rings (SSSR count). The summed E-state index contributed by atoms with van der Waals surface area (Å²) in [4.78, 5) is 28.2. The normalized spacial score (nSPS) is 29.7. The molecule has 1 amide bonds. The smallest absolute Gasteiger partial charge is 0.234 e. The van der Waals surface area contributed by atoms with Crippen LogP contribution >= 0.6 is 11.8 Å². The number of thioether (sulfide) groups is 1. The number of nitrogen functional groups attached to an aromatic ring is 1. The number of ketones is 1. The molecule has 1 fully saturated rings. The molecule has 1 aliphatic carbocycles. The predicted octanol–water partition coefficient (Wildman–Crippen LogP) is 1.96. The summed E-state index contributed by atoms with van der Waals surface area (Å²) in [6.07, 6.45) is 1.95. The molecule has 5 atom stereocenters. The van der Waals surface area contributed by atoms with Crippen LogP contribution in [-0.4, -0.2) is 42.1 Å². The van der Waals surface area contributed by atoms with E-state index < -0.39 is 22.7 Å². The number of fused-ring (bicyclic) bond motifs is 1. The van der Waals surface area contributed by atoms with E-state index >= 15 is 0 Å². The summed E-state index contributed by atoms with van der Waals surface area (Å²) in [5.41, 5.74) is 21.4. The number of nitrogens with two attached hydrogens (primary N) is 3. The molecule has 0 aromatic heterocycles. The minimum atomic E-state index is -1.42. The number of amides is 1. The molecule has 5 unspecified atom stereocenters. The number of hydrogen-bond donors (Lipinski definition) is 5. The molecule has 7 nitrogen and oxygen atoms in total. The molecule has 3 aromatic carbocycles. The zero-order valence-electron chi connectivity index (χ0n) is 19.3. The van der Waals surface area contributed by atoms with Crippen molar-refractivity contribution in [3.05, 3.63) is 71.3 Å². The van der Waals surface area contributed by atoms with Crippen LogP contribution in [0, 0.1) is 0 Å². The highest BCUT2D eigenvalue weighted by Gasteiger charge is 2.56. The van der Waals surface area contributed by atoms with Gasteiger partial charge in [-0.25, -0.2) is 0 Å². The van der Waals surface area contributed by atoms with Gasteiger partial charge in [0.1, 0.15) is 5.54 Å². The number of nitrogens with one attached hydrogen (secondary N) is 2. The first-order valence-electron chi connectivity index (χ1n) is 12.1. The largest absolute Gasteiger partial charge is 0.398 e. The lowest BCUT2D eigenvalue weighted by Crippen LogP contribution is -2.60. The lowest BCUT2D eigenvalue weighted by atomic mass is 9.65. The topological polar surface area (TPSA) is 136 Å². The number of Topliss-reactive ketones (excluding diaryl/α,β-unsaturated/α-hetero) is 1. The fraction of sp³-hybridized carbons (Fsp3) is 0.333. The van der Waals surface area contributed by atoms with Gasteiger partial charge in [0.05, 0.1) is 11.3 Å². The molecule has 1 saturated heterocycles. The van der Waals surface area contributed by atoms with E-state index in [0.717, 1.165) is 47.2 Å². The number of anilines is 1. The van der Waals surface area contributed by atoms with Crippen LogP contribution in [0.4, 0.5) is 5.69 Å². The Hall–Kier alpha value is -2.91. The van der Waals surface area contributed by atoms with Gasteiger partial charge in [0.2, 0.25) is 5.91 Å². The molecule has 180 valence electrons. The summed E-state index contributed by atoms with van der Waals surface area (Å²) in [5.74, 6) is -0.857. The molecule has 0 bridgehead atoms. The Balaban J connectivity index is 1.44. The monoisotopic (exact) mass is 487 g/mol. The Labute approximate surface area is 208 Å². The molecule has 3 aliphatic rings. The van der Waals surface area contributed by atoms with Crippen molar-refractivity contribution in [2.24, 2.45) is 11.5 Å². The molecular weight excluding hydrogens is 458 g/mol. The van der Waals surface area contributed by atoms with E-state index in [0.29, 0.717) is 16.8 Å². The second-order valence-corrected chi connectivity index (χ2v) is 11.0. The SMILES string of the molecule is Nc1ccc2c3c1SC(C(=O)NC1CCCNC1)C3C(N)C(=O)C2(N)c1ccc2ccccc2c1. The van der Waals surface area contributed by atoms with Crippen LogP contribution in [0.1, 0.15) is 35.4 Å². The highest BCUT2D eigenvalue weighted by Crippen LogP contribution is 2.56. The van der Waals surface area contributed by atoms with Crippen LogP contribution in [-0.2, 0) is 15.1 Å². The van der Waals surface area contributed by atoms with Gasteiger partial charge in [-0.3, -0.25) is 9.59 Å². The van der Waals surface area contributed by atoms with Gasteiger partial charge in [0.25, 0.3) is 0 Å². The lowest BCUT2D eigenvalue weighted by molar-refractivity contribution is -0.126. The molecular formula is C27H29N5O2S. The minimum Gasteiger partial charge on any atom is -0.398 e. The lowest BCUT2D eigenvalue weighted by Gasteiger charge is -2.41. The van der Waals surface area contributed by atoms with Crippen LogP contribution in [0.15, 0.2) is 59.5 Å². The number of piperidine rings is 1. The van der Waals surface area contributed by atoms with E-state index in [-0.39, 0.29) is 17.7 Å².